The standard InChI is InChI=1S/C15H15N3O2/c1-11-16-7-8-17(11)15(20)12-9-14(19)18(10-12)13-5-3-2-4-6-13/h2-8,12H,9-10H2,1H3. The number of anilines is 1. The predicted octanol–water partition coefficient (Wildman–Crippen LogP) is 1.88. The summed E-state index contributed by atoms with van der Waals surface area (Å²) >= 11 is 0. The van der Waals surface area contributed by atoms with Gasteiger partial charge in [0.2, 0.25) is 11.8 Å². The van der Waals surface area contributed by atoms with Gasteiger partial charge in [0.05, 0.1) is 5.92 Å². The summed E-state index contributed by atoms with van der Waals surface area (Å²) in [5.41, 5.74) is 0.843. The van der Waals surface area contributed by atoms with E-state index in [1.165, 1.54) is 4.57 Å². The molecule has 2 aromatic rings. The number of carbonyl (C=O) groups is 2. The summed E-state index contributed by atoms with van der Waals surface area (Å²) in [7, 11) is 0. The number of imidazole rings is 1. The molecule has 0 radical (unpaired) electrons. The van der Waals surface area contributed by atoms with Gasteiger partial charge < -0.3 is 4.90 Å². The molecule has 1 fully saturated rings. The molecule has 5 heteroatoms. The number of para-hydroxylation sites is 1. The zero-order valence-corrected chi connectivity index (χ0v) is 11.2. The van der Waals surface area contributed by atoms with Crippen LogP contribution in [0.5, 0.6) is 0 Å². The van der Waals surface area contributed by atoms with Crippen molar-refractivity contribution in [1.82, 2.24) is 9.55 Å². The second kappa shape index (κ2) is 4.92. The highest BCUT2D eigenvalue weighted by molar-refractivity contribution is 6.00. The van der Waals surface area contributed by atoms with E-state index in [0.717, 1.165) is 5.69 Å². The molecule has 1 aromatic carbocycles. The summed E-state index contributed by atoms with van der Waals surface area (Å²) < 4.78 is 1.52. The number of benzene rings is 1. The van der Waals surface area contributed by atoms with E-state index in [9.17, 15) is 9.59 Å². The third-order valence-electron chi connectivity index (χ3n) is 3.61. The zero-order valence-electron chi connectivity index (χ0n) is 11.2. The third-order valence-corrected chi connectivity index (χ3v) is 3.61. The Morgan fingerprint density at radius 3 is 2.70 bits per heavy atom. The van der Waals surface area contributed by atoms with Crippen LogP contribution in [0.2, 0.25) is 0 Å². The molecule has 1 saturated heterocycles. The second-order valence-electron chi connectivity index (χ2n) is 4.92. The van der Waals surface area contributed by atoms with Crippen LogP contribution in [0.25, 0.3) is 0 Å². The molecule has 20 heavy (non-hydrogen) atoms. The van der Waals surface area contributed by atoms with Crippen molar-refractivity contribution in [1.29, 1.82) is 0 Å². The molecular formula is C15H15N3O2. The van der Waals surface area contributed by atoms with Gasteiger partial charge in [-0.25, -0.2) is 4.98 Å². The van der Waals surface area contributed by atoms with Gasteiger partial charge in [0.25, 0.3) is 0 Å². The Hall–Kier alpha value is -2.43. The normalized spacial score (nSPS) is 18.6. The number of hydrogen-bond donors (Lipinski definition) is 0. The van der Waals surface area contributed by atoms with Crippen LogP contribution in [0.4, 0.5) is 5.69 Å². The van der Waals surface area contributed by atoms with Crippen molar-refractivity contribution in [2.75, 3.05) is 11.4 Å². The van der Waals surface area contributed by atoms with Crippen molar-refractivity contribution < 1.29 is 9.59 Å². The molecule has 0 spiro atoms. The van der Waals surface area contributed by atoms with Crippen molar-refractivity contribution >= 4 is 17.5 Å². The number of nitrogens with zero attached hydrogens (tertiary/aromatic N) is 3. The van der Waals surface area contributed by atoms with Gasteiger partial charge in [0.1, 0.15) is 5.82 Å². The molecule has 1 aliphatic rings. The first-order valence-electron chi connectivity index (χ1n) is 6.56. The zero-order chi connectivity index (χ0) is 14.1. The molecule has 1 aromatic heterocycles. The summed E-state index contributed by atoms with van der Waals surface area (Å²) in [5.74, 6) is 0.273. The Morgan fingerprint density at radius 2 is 2.05 bits per heavy atom. The van der Waals surface area contributed by atoms with E-state index in [4.69, 9.17) is 0 Å². The molecule has 0 aliphatic carbocycles. The molecule has 1 unspecified atom stereocenters. The first-order chi connectivity index (χ1) is 9.66. The lowest BCUT2D eigenvalue weighted by molar-refractivity contribution is -0.117. The minimum absolute atomic E-state index is 0.00711. The average Bonchev–Trinajstić information content (AvgIpc) is 3.05. The van der Waals surface area contributed by atoms with Crippen molar-refractivity contribution in [2.24, 2.45) is 5.92 Å². The maximum absolute atomic E-state index is 12.4. The number of carbonyl (C=O) groups excluding carboxylic acids is 2. The smallest absolute Gasteiger partial charge is 0.237 e. The van der Waals surface area contributed by atoms with E-state index in [-0.39, 0.29) is 24.2 Å². The number of aryl methyl sites for hydroxylation is 1. The van der Waals surface area contributed by atoms with Crippen molar-refractivity contribution in [3.63, 3.8) is 0 Å². The number of rotatable bonds is 2. The summed E-state index contributed by atoms with van der Waals surface area (Å²) in [5, 5.41) is 0. The van der Waals surface area contributed by atoms with Crippen LogP contribution < -0.4 is 4.90 Å². The Morgan fingerprint density at radius 1 is 1.30 bits per heavy atom. The van der Waals surface area contributed by atoms with Crippen molar-refractivity contribution in [2.45, 2.75) is 13.3 Å². The Kier molecular flexibility index (Phi) is 3.10. The lowest BCUT2D eigenvalue weighted by Crippen LogP contribution is -2.27. The van der Waals surface area contributed by atoms with Crippen LogP contribution in [-0.4, -0.2) is 27.9 Å². The third kappa shape index (κ3) is 2.11. The maximum atomic E-state index is 12.4. The highest BCUT2D eigenvalue weighted by Crippen LogP contribution is 2.26. The van der Waals surface area contributed by atoms with Gasteiger partial charge in [0, 0.05) is 31.0 Å². The van der Waals surface area contributed by atoms with Crippen LogP contribution in [0, 0.1) is 12.8 Å². The van der Waals surface area contributed by atoms with Crippen LogP contribution in [0.15, 0.2) is 42.7 Å². The molecule has 0 N–H and O–H groups in total. The minimum Gasteiger partial charge on any atom is -0.312 e. The van der Waals surface area contributed by atoms with Crippen molar-refractivity contribution in [3.05, 3.63) is 48.5 Å². The molecule has 0 saturated carbocycles. The van der Waals surface area contributed by atoms with Gasteiger partial charge in [0.15, 0.2) is 0 Å². The largest absolute Gasteiger partial charge is 0.312 e. The summed E-state index contributed by atoms with van der Waals surface area (Å²) in [6, 6.07) is 9.44. The lowest BCUT2D eigenvalue weighted by atomic mass is 10.1. The number of aromatic nitrogens is 2. The van der Waals surface area contributed by atoms with E-state index in [2.05, 4.69) is 4.98 Å². The van der Waals surface area contributed by atoms with E-state index < -0.39 is 0 Å². The van der Waals surface area contributed by atoms with E-state index in [0.29, 0.717) is 12.4 Å². The molecular weight excluding hydrogens is 254 g/mol. The highest BCUT2D eigenvalue weighted by Gasteiger charge is 2.35. The first kappa shape index (κ1) is 12.6. The molecule has 3 rings (SSSR count). The van der Waals surface area contributed by atoms with Crippen LogP contribution >= 0.6 is 0 Å². The van der Waals surface area contributed by atoms with E-state index in [1.54, 1.807) is 24.2 Å². The highest BCUT2D eigenvalue weighted by atomic mass is 16.2. The topological polar surface area (TPSA) is 55.2 Å². The molecule has 1 amide bonds. The lowest BCUT2D eigenvalue weighted by Gasteiger charge is -2.16. The van der Waals surface area contributed by atoms with Crippen LogP contribution in [0.3, 0.4) is 0 Å². The summed E-state index contributed by atoms with van der Waals surface area (Å²) in [6.07, 6.45) is 3.50. The van der Waals surface area contributed by atoms with Gasteiger partial charge in [-0.15, -0.1) is 0 Å². The predicted molar refractivity (Wildman–Crippen MR) is 74.5 cm³/mol. The molecule has 2 heterocycles. The molecule has 1 atom stereocenters. The Balaban J connectivity index is 1.81. The fourth-order valence-corrected chi connectivity index (χ4v) is 2.54. The average molecular weight is 269 g/mol. The van der Waals surface area contributed by atoms with Crippen LogP contribution in [0.1, 0.15) is 17.0 Å². The number of hydrogen-bond acceptors (Lipinski definition) is 3. The van der Waals surface area contributed by atoms with Crippen molar-refractivity contribution in [3.8, 4) is 0 Å². The minimum atomic E-state index is -0.310. The second-order valence-corrected chi connectivity index (χ2v) is 4.92. The number of amides is 1. The first-order valence-corrected chi connectivity index (χ1v) is 6.56. The van der Waals surface area contributed by atoms with Gasteiger partial charge in [-0.2, -0.15) is 0 Å². The molecule has 102 valence electrons. The van der Waals surface area contributed by atoms with Gasteiger partial charge in [-0.1, -0.05) is 18.2 Å². The summed E-state index contributed by atoms with van der Waals surface area (Å²) in [4.78, 5) is 30.2. The van der Waals surface area contributed by atoms with Gasteiger partial charge >= 0.3 is 0 Å². The molecule has 0 bridgehead atoms. The van der Waals surface area contributed by atoms with Gasteiger partial charge in [-0.3, -0.25) is 14.2 Å². The molecule has 5 nitrogen and oxygen atoms in total. The van der Waals surface area contributed by atoms with E-state index >= 15 is 0 Å². The molecule has 1 aliphatic heterocycles. The van der Waals surface area contributed by atoms with E-state index in [1.807, 2.05) is 30.3 Å². The van der Waals surface area contributed by atoms with Gasteiger partial charge in [-0.05, 0) is 19.1 Å². The maximum Gasteiger partial charge on any atom is 0.237 e. The fraction of sp³-hybridized carbons (Fsp3) is 0.267. The summed E-state index contributed by atoms with van der Waals surface area (Å²) in [6.45, 7) is 2.21. The Labute approximate surface area is 116 Å². The quantitative estimate of drug-likeness (QED) is 0.836. The monoisotopic (exact) mass is 269 g/mol. The fourth-order valence-electron chi connectivity index (χ4n) is 2.54. The Bertz CT molecular complexity index is 648. The van der Waals surface area contributed by atoms with Crippen LogP contribution in [-0.2, 0) is 4.79 Å². The SMILES string of the molecule is Cc1nccn1C(=O)C1CC(=O)N(c2ccccc2)C1.